The lowest BCUT2D eigenvalue weighted by Gasteiger charge is -2.44. The minimum atomic E-state index is -0.702. The minimum absolute atomic E-state index is 0.0176. The van der Waals surface area contributed by atoms with Crippen LogP contribution in [0, 0.1) is 6.92 Å². The fraction of sp³-hybridized carbons (Fsp3) is 0.500. The molecule has 1 aromatic rings. The number of amides is 2. The molecule has 33 heavy (non-hydrogen) atoms. The monoisotopic (exact) mass is 450 g/mol. The van der Waals surface area contributed by atoms with Crippen LogP contribution in [0.4, 0.5) is 10.5 Å². The summed E-state index contributed by atoms with van der Waals surface area (Å²) in [4.78, 5) is 32.0. The Kier molecular flexibility index (Phi) is 5.85. The first kappa shape index (κ1) is 23.1. The summed E-state index contributed by atoms with van der Waals surface area (Å²) >= 11 is 0. The van der Waals surface area contributed by atoms with Crippen LogP contribution in [0.15, 0.2) is 45.7 Å². The van der Waals surface area contributed by atoms with Gasteiger partial charge in [-0.3, -0.25) is 10.1 Å². The molecule has 1 aliphatic carbocycles. The van der Waals surface area contributed by atoms with E-state index in [1.807, 2.05) is 44.7 Å². The number of carbonyl (C=O) groups excluding carboxylic acids is 2. The van der Waals surface area contributed by atoms with Gasteiger partial charge in [0.25, 0.3) is 5.91 Å². The number of nitrogens with one attached hydrogen (secondary N) is 2. The first-order valence-electron chi connectivity index (χ1n) is 11.6. The molecule has 0 unspecified atom stereocenters. The van der Waals surface area contributed by atoms with Gasteiger partial charge in [0.05, 0.1) is 5.69 Å². The standard InChI is InChI=1S/C26H34N4O3/c1-16(2)21(18(4)22(27-6)29-25(5)9-10-25)23(31)30-13-11-26(12-14-30)19-15-17(3)7-8-20(19)28-24(32)33-26/h7-8,15,29H,6,9-14H2,1-5H3,(H,28,32)/b22-18-. The second-order valence-electron chi connectivity index (χ2n) is 10.0. The molecule has 2 fully saturated rings. The van der Waals surface area contributed by atoms with Gasteiger partial charge in [-0.15, -0.1) is 0 Å². The van der Waals surface area contributed by atoms with Crippen molar-refractivity contribution in [2.45, 2.75) is 71.4 Å². The molecular formula is C26H34N4O3. The number of aliphatic imine (C=N–C) groups is 1. The van der Waals surface area contributed by atoms with E-state index in [0.29, 0.717) is 37.3 Å². The molecule has 3 aliphatic rings. The van der Waals surface area contributed by atoms with E-state index >= 15 is 0 Å². The highest BCUT2D eigenvalue weighted by Crippen LogP contribution is 2.44. The molecule has 7 heteroatoms. The maximum absolute atomic E-state index is 13.6. The van der Waals surface area contributed by atoms with Crippen LogP contribution in [0.25, 0.3) is 0 Å². The maximum Gasteiger partial charge on any atom is 0.412 e. The highest BCUT2D eigenvalue weighted by atomic mass is 16.6. The summed E-state index contributed by atoms with van der Waals surface area (Å²) in [5, 5.41) is 6.26. The summed E-state index contributed by atoms with van der Waals surface area (Å²) in [7, 11) is 0. The number of rotatable bonds is 5. The molecule has 1 saturated heterocycles. The first-order valence-corrected chi connectivity index (χ1v) is 11.6. The molecule has 2 amide bonds. The largest absolute Gasteiger partial charge is 0.438 e. The second kappa shape index (κ2) is 8.36. The van der Waals surface area contributed by atoms with E-state index in [1.165, 1.54) is 0 Å². The molecule has 0 radical (unpaired) electrons. The van der Waals surface area contributed by atoms with Gasteiger partial charge in [-0.05, 0) is 66.3 Å². The number of hydrogen-bond donors (Lipinski definition) is 2. The van der Waals surface area contributed by atoms with E-state index in [2.05, 4.69) is 35.3 Å². The number of allylic oxidation sites excluding steroid dienone is 1. The number of anilines is 1. The fourth-order valence-electron chi connectivity index (χ4n) is 4.83. The summed E-state index contributed by atoms with van der Waals surface area (Å²) in [6.45, 7) is 14.8. The molecule has 2 aliphatic heterocycles. The quantitative estimate of drug-likeness (QED) is 0.384. The Morgan fingerprint density at radius 1 is 1.18 bits per heavy atom. The van der Waals surface area contributed by atoms with Crippen molar-refractivity contribution >= 4 is 24.4 Å². The van der Waals surface area contributed by atoms with E-state index in [-0.39, 0.29) is 11.4 Å². The molecule has 7 nitrogen and oxygen atoms in total. The van der Waals surface area contributed by atoms with E-state index in [0.717, 1.165) is 40.8 Å². The summed E-state index contributed by atoms with van der Waals surface area (Å²) in [5.41, 5.74) is 4.66. The molecule has 1 saturated carbocycles. The molecule has 0 atom stereocenters. The third-order valence-corrected chi connectivity index (χ3v) is 7.07. The number of ether oxygens (including phenoxy) is 1. The van der Waals surface area contributed by atoms with E-state index < -0.39 is 11.7 Å². The number of benzene rings is 1. The van der Waals surface area contributed by atoms with E-state index in [4.69, 9.17) is 4.74 Å². The zero-order valence-electron chi connectivity index (χ0n) is 20.3. The van der Waals surface area contributed by atoms with Crippen molar-refractivity contribution in [2.24, 2.45) is 4.99 Å². The number of nitrogens with zero attached hydrogens (tertiary/aromatic N) is 2. The molecule has 1 aromatic carbocycles. The minimum Gasteiger partial charge on any atom is -0.438 e. The SMILES string of the molecule is C=N/C(NC1(C)CC1)=C(\C)C(C(=O)N1CCC2(CC1)OC(=O)Nc1ccc(C)cc12)=C(C)C. The number of hydrogen-bond acceptors (Lipinski definition) is 5. The van der Waals surface area contributed by atoms with Crippen LogP contribution in [0.2, 0.25) is 0 Å². The molecular weight excluding hydrogens is 416 g/mol. The van der Waals surface area contributed by atoms with Crippen molar-refractivity contribution in [3.63, 3.8) is 0 Å². The molecule has 0 aromatic heterocycles. The molecule has 2 heterocycles. The first-order chi connectivity index (χ1) is 15.6. The van der Waals surface area contributed by atoms with Gasteiger partial charge in [-0.25, -0.2) is 9.79 Å². The number of fused-ring (bicyclic) bond motifs is 2. The molecule has 2 N–H and O–H groups in total. The fourth-order valence-corrected chi connectivity index (χ4v) is 4.83. The number of likely N-dealkylation sites (tertiary alicyclic amines) is 1. The second-order valence-corrected chi connectivity index (χ2v) is 10.0. The lowest BCUT2D eigenvalue weighted by Crippen LogP contribution is -2.50. The van der Waals surface area contributed by atoms with Crippen LogP contribution < -0.4 is 10.6 Å². The van der Waals surface area contributed by atoms with E-state index in [9.17, 15) is 9.59 Å². The van der Waals surface area contributed by atoms with Gasteiger partial charge in [-0.1, -0.05) is 17.2 Å². The lowest BCUT2D eigenvalue weighted by molar-refractivity contribution is -0.131. The van der Waals surface area contributed by atoms with Crippen LogP contribution in [-0.4, -0.2) is 42.2 Å². The molecule has 0 bridgehead atoms. The number of aryl methyl sites for hydroxylation is 1. The predicted molar refractivity (Wildman–Crippen MR) is 130 cm³/mol. The Labute approximate surface area is 196 Å². The van der Waals surface area contributed by atoms with Crippen LogP contribution in [0.3, 0.4) is 0 Å². The molecule has 4 rings (SSSR count). The topological polar surface area (TPSA) is 83.0 Å². The van der Waals surface area contributed by atoms with Crippen LogP contribution >= 0.6 is 0 Å². The Hall–Kier alpha value is -3.09. The highest BCUT2D eigenvalue weighted by Gasteiger charge is 2.45. The van der Waals surface area contributed by atoms with Crippen molar-refractivity contribution in [1.29, 1.82) is 0 Å². The summed E-state index contributed by atoms with van der Waals surface area (Å²) in [5.74, 6) is 0.653. The van der Waals surface area contributed by atoms with Crippen LogP contribution in [-0.2, 0) is 15.1 Å². The number of carbonyl (C=O) groups is 2. The zero-order valence-corrected chi connectivity index (χ0v) is 20.3. The average Bonchev–Trinajstić information content (AvgIpc) is 3.50. The zero-order chi connectivity index (χ0) is 24.0. The van der Waals surface area contributed by atoms with Gasteiger partial charge in [0.1, 0.15) is 11.4 Å². The molecule has 1 spiro atoms. The van der Waals surface area contributed by atoms with Crippen LogP contribution in [0.5, 0.6) is 0 Å². The number of piperidine rings is 1. The van der Waals surface area contributed by atoms with Crippen molar-refractivity contribution in [1.82, 2.24) is 10.2 Å². The van der Waals surface area contributed by atoms with Gasteiger partial charge in [0.2, 0.25) is 0 Å². The lowest BCUT2D eigenvalue weighted by atomic mass is 9.81. The van der Waals surface area contributed by atoms with Crippen molar-refractivity contribution in [3.8, 4) is 0 Å². The van der Waals surface area contributed by atoms with E-state index in [1.54, 1.807) is 0 Å². The summed E-state index contributed by atoms with van der Waals surface area (Å²) in [6, 6.07) is 5.98. The Bertz CT molecular complexity index is 1070. The third kappa shape index (κ3) is 4.41. The van der Waals surface area contributed by atoms with Gasteiger partial charge < -0.3 is 15.0 Å². The smallest absolute Gasteiger partial charge is 0.412 e. The predicted octanol–water partition coefficient (Wildman–Crippen LogP) is 4.79. The van der Waals surface area contributed by atoms with Gasteiger partial charge >= 0.3 is 6.09 Å². The van der Waals surface area contributed by atoms with Gasteiger partial charge in [0, 0.05) is 48.2 Å². The average molecular weight is 451 g/mol. The van der Waals surface area contributed by atoms with Gasteiger partial charge in [0.15, 0.2) is 0 Å². The Morgan fingerprint density at radius 2 is 1.85 bits per heavy atom. The highest BCUT2D eigenvalue weighted by molar-refractivity contribution is 5.98. The molecule has 176 valence electrons. The van der Waals surface area contributed by atoms with Crippen molar-refractivity contribution in [2.75, 3.05) is 18.4 Å². The van der Waals surface area contributed by atoms with Crippen molar-refractivity contribution < 1.29 is 14.3 Å². The summed E-state index contributed by atoms with van der Waals surface area (Å²) in [6.07, 6.45) is 2.85. The Morgan fingerprint density at radius 3 is 2.42 bits per heavy atom. The van der Waals surface area contributed by atoms with Crippen LogP contribution in [0.1, 0.15) is 64.5 Å². The third-order valence-electron chi connectivity index (χ3n) is 7.07. The summed E-state index contributed by atoms with van der Waals surface area (Å²) < 4.78 is 5.85. The van der Waals surface area contributed by atoms with Gasteiger partial charge in [-0.2, -0.15) is 0 Å². The normalized spacial score (nSPS) is 20.6. The Balaban J connectivity index is 1.57. The maximum atomic E-state index is 13.6. The van der Waals surface area contributed by atoms with Crippen molar-refractivity contribution in [3.05, 3.63) is 51.9 Å².